The van der Waals surface area contributed by atoms with Crippen molar-refractivity contribution < 1.29 is 42.5 Å². The molecule has 0 atom stereocenters. The fraction of sp³-hybridized carbons (Fsp3) is 0.227. The molecule has 0 radical (unpaired) electrons. The number of carbonyl (C=O) groups excluding carboxylic acids is 1. The number of carboxylic acid groups (broad SMARTS) is 2. The van der Waals surface area contributed by atoms with Gasteiger partial charge in [-0.15, -0.1) is 11.3 Å². The van der Waals surface area contributed by atoms with Crippen molar-refractivity contribution in [3.05, 3.63) is 55.3 Å². The lowest BCUT2D eigenvalue weighted by Gasteiger charge is -2.16. The molecule has 1 saturated heterocycles. The molecule has 200 valence electrons. The van der Waals surface area contributed by atoms with E-state index in [9.17, 15) is 37.5 Å². The van der Waals surface area contributed by atoms with Crippen LogP contribution in [0.5, 0.6) is 5.75 Å². The van der Waals surface area contributed by atoms with Gasteiger partial charge >= 0.3 is 18.1 Å². The number of fused-ring (bicyclic) bond motifs is 1. The number of benzene rings is 1. The van der Waals surface area contributed by atoms with Crippen LogP contribution in [0.2, 0.25) is 0 Å². The summed E-state index contributed by atoms with van der Waals surface area (Å²) in [5.74, 6) is -3.12. The van der Waals surface area contributed by atoms with Crippen LogP contribution >= 0.6 is 35.3 Å². The van der Waals surface area contributed by atoms with Gasteiger partial charge in [0.05, 0.1) is 15.8 Å². The van der Waals surface area contributed by atoms with Gasteiger partial charge in [0.1, 0.15) is 27.0 Å². The summed E-state index contributed by atoms with van der Waals surface area (Å²) < 4.78 is 46.0. The third kappa shape index (κ3) is 5.19. The Hall–Kier alpha value is -3.63. The lowest BCUT2D eigenvalue weighted by atomic mass is 10.1. The molecule has 2 aliphatic heterocycles. The first-order valence-corrected chi connectivity index (χ1v) is 12.7. The second kappa shape index (κ2) is 10.3. The summed E-state index contributed by atoms with van der Waals surface area (Å²) in [6.07, 6.45) is -1.89. The molecule has 2 N–H and O–H groups in total. The summed E-state index contributed by atoms with van der Waals surface area (Å²) in [6, 6.07) is 3.03. The van der Waals surface area contributed by atoms with Crippen LogP contribution in [0.3, 0.4) is 0 Å². The van der Waals surface area contributed by atoms with Gasteiger partial charge in [0.15, 0.2) is 5.75 Å². The maximum Gasteiger partial charge on any atom is 0.416 e. The van der Waals surface area contributed by atoms with Crippen LogP contribution in [0.4, 0.5) is 18.9 Å². The van der Waals surface area contributed by atoms with E-state index in [0.29, 0.717) is 0 Å². The number of amides is 1. The smallest absolute Gasteiger partial charge is 0.416 e. The minimum Gasteiger partial charge on any atom is -0.480 e. The molecule has 38 heavy (non-hydrogen) atoms. The van der Waals surface area contributed by atoms with Gasteiger partial charge in [-0.05, 0) is 31.2 Å². The lowest BCUT2D eigenvalue weighted by Crippen LogP contribution is -2.36. The summed E-state index contributed by atoms with van der Waals surface area (Å²) in [5, 5.41) is 18.3. The van der Waals surface area contributed by atoms with E-state index < -0.39 is 48.2 Å². The fourth-order valence-corrected chi connectivity index (χ4v) is 6.11. The van der Waals surface area contributed by atoms with Gasteiger partial charge in [0, 0.05) is 12.6 Å². The maximum absolute atomic E-state index is 13.2. The number of thioether (sulfide) groups is 1. The fourth-order valence-electron chi connectivity index (χ4n) is 3.65. The normalized spacial score (nSPS) is 18.4. The minimum atomic E-state index is -4.55. The Bertz CT molecular complexity index is 1590. The Morgan fingerprint density at radius 1 is 1.11 bits per heavy atom. The lowest BCUT2D eigenvalue weighted by molar-refractivity contribution is -0.140. The number of hydrogen-bond acceptors (Lipinski definition) is 9. The van der Waals surface area contributed by atoms with Crippen molar-refractivity contribution in [2.75, 3.05) is 18.0 Å². The largest absolute Gasteiger partial charge is 0.480 e. The Morgan fingerprint density at radius 3 is 2.39 bits per heavy atom. The number of aliphatic carboxylic acids is 2. The molecule has 1 aromatic heterocycles. The summed E-state index contributed by atoms with van der Waals surface area (Å²) >= 11 is 6.61. The SMILES string of the molecule is CCN1/C(=C/C=c2/s/c(=C3\SC(=S)N(CC(=O)O)C3=O)n(CC(=O)O)c2=O)Oc2ccc(C(F)(F)F)cc21. The molecule has 2 aromatic rings. The number of aromatic nitrogens is 1. The van der Waals surface area contributed by atoms with Crippen LogP contribution < -0.4 is 24.4 Å². The summed E-state index contributed by atoms with van der Waals surface area (Å²) in [6.45, 7) is 0.462. The van der Waals surface area contributed by atoms with Gasteiger partial charge in [0.2, 0.25) is 5.88 Å². The van der Waals surface area contributed by atoms with Crippen molar-refractivity contribution in [3.8, 4) is 5.75 Å². The summed E-state index contributed by atoms with van der Waals surface area (Å²) in [4.78, 5) is 50.6. The van der Waals surface area contributed by atoms with Gasteiger partial charge in [-0.25, -0.2) is 0 Å². The summed E-state index contributed by atoms with van der Waals surface area (Å²) in [5.41, 5.74) is -1.41. The van der Waals surface area contributed by atoms with E-state index in [2.05, 4.69) is 0 Å². The van der Waals surface area contributed by atoms with Gasteiger partial charge < -0.3 is 19.8 Å². The highest BCUT2D eigenvalue weighted by molar-refractivity contribution is 8.30. The molecule has 2 aliphatic rings. The van der Waals surface area contributed by atoms with Crippen LogP contribution in [-0.2, 0) is 27.1 Å². The van der Waals surface area contributed by atoms with Crippen molar-refractivity contribution in [2.45, 2.75) is 19.6 Å². The van der Waals surface area contributed by atoms with E-state index in [4.69, 9.17) is 22.1 Å². The van der Waals surface area contributed by atoms with E-state index in [1.165, 1.54) is 23.1 Å². The highest BCUT2D eigenvalue weighted by Crippen LogP contribution is 2.42. The van der Waals surface area contributed by atoms with Crippen LogP contribution in [0.1, 0.15) is 12.5 Å². The van der Waals surface area contributed by atoms with Crippen molar-refractivity contribution >= 4 is 74.2 Å². The third-order valence-corrected chi connectivity index (χ3v) is 8.00. The predicted octanol–water partition coefficient (Wildman–Crippen LogP) is 1.61. The molecule has 4 rings (SSSR count). The average molecular weight is 588 g/mol. The first-order chi connectivity index (χ1) is 17.8. The van der Waals surface area contributed by atoms with Crippen molar-refractivity contribution in [1.82, 2.24) is 9.47 Å². The first kappa shape index (κ1) is 27.4. The molecular formula is C22H16F3N3O7S3. The monoisotopic (exact) mass is 587 g/mol. The van der Waals surface area contributed by atoms with E-state index >= 15 is 0 Å². The number of carboxylic acids is 2. The molecule has 1 aromatic carbocycles. The predicted molar refractivity (Wildman–Crippen MR) is 136 cm³/mol. The first-order valence-electron chi connectivity index (χ1n) is 10.6. The number of thiazole rings is 1. The number of hydrogen-bond donors (Lipinski definition) is 2. The maximum atomic E-state index is 13.2. The molecule has 3 heterocycles. The Balaban J connectivity index is 1.81. The second-order valence-electron chi connectivity index (χ2n) is 7.74. The molecular weight excluding hydrogens is 571 g/mol. The molecule has 0 bridgehead atoms. The molecule has 0 aliphatic carbocycles. The number of rotatable bonds is 6. The quantitative estimate of drug-likeness (QED) is 0.481. The second-order valence-corrected chi connectivity index (χ2v) is 10.4. The zero-order valence-electron chi connectivity index (χ0n) is 19.1. The molecule has 0 unspecified atom stereocenters. The average Bonchev–Trinajstić information content (AvgIpc) is 3.43. The Morgan fingerprint density at radius 2 is 1.79 bits per heavy atom. The number of ether oxygens (including phenoxy) is 1. The number of carbonyl (C=O) groups is 3. The van der Waals surface area contributed by atoms with Gasteiger partial charge in [0.25, 0.3) is 11.5 Å². The van der Waals surface area contributed by atoms with Crippen LogP contribution in [0.15, 0.2) is 35.0 Å². The third-order valence-electron chi connectivity index (χ3n) is 5.29. The standard InChI is InChI=1S/C22H16F3N3O7S3/c1-2-26-11-7-10(22(23,24)25)3-4-12(11)35-14(26)6-5-13-18(33)27(8-15(29)30)20(37-13)17-19(34)28(9-16(31)32)21(36)38-17/h3-7H,2,8-9H2,1H3,(H,29,30)(H,31,32)/b13-5+,14-6-,20-17-. The van der Waals surface area contributed by atoms with Gasteiger partial charge in [-0.1, -0.05) is 24.0 Å². The zero-order chi connectivity index (χ0) is 27.9. The van der Waals surface area contributed by atoms with Gasteiger partial charge in [-0.3, -0.25) is 28.6 Å². The topological polar surface area (TPSA) is 129 Å². The molecule has 10 nitrogen and oxygen atoms in total. The van der Waals surface area contributed by atoms with Crippen LogP contribution in [0, 0.1) is 0 Å². The molecule has 1 fully saturated rings. The van der Waals surface area contributed by atoms with Crippen molar-refractivity contribution in [3.63, 3.8) is 0 Å². The van der Waals surface area contributed by atoms with Crippen molar-refractivity contribution in [1.29, 1.82) is 0 Å². The van der Waals surface area contributed by atoms with E-state index in [1.54, 1.807) is 6.92 Å². The van der Waals surface area contributed by atoms with Crippen LogP contribution in [0.25, 0.3) is 11.0 Å². The minimum absolute atomic E-state index is 0.00356. The highest BCUT2D eigenvalue weighted by atomic mass is 32.2. The van der Waals surface area contributed by atoms with Crippen LogP contribution in [-0.4, -0.2) is 54.9 Å². The van der Waals surface area contributed by atoms with Gasteiger partial charge in [-0.2, -0.15) is 13.2 Å². The number of thiocarbonyl (C=S) groups is 1. The van der Waals surface area contributed by atoms with Crippen molar-refractivity contribution in [2.24, 2.45) is 0 Å². The highest BCUT2D eigenvalue weighted by Gasteiger charge is 2.36. The van der Waals surface area contributed by atoms with E-state index in [0.717, 1.165) is 44.7 Å². The van der Waals surface area contributed by atoms with E-state index in [1.807, 2.05) is 0 Å². The van der Waals surface area contributed by atoms with E-state index in [-0.39, 0.29) is 42.3 Å². The zero-order valence-corrected chi connectivity index (χ0v) is 21.6. The molecule has 16 heteroatoms. The Kier molecular flexibility index (Phi) is 7.40. The number of alkyl halides is 3. The number of anilines is 1. The summed E-state index contributed by atoms with van der Waals surface area (Å²) in [7, 11) is 0. The molecule has 1 amide bonds. The number of halogens is 3. The number of allylic oxidation sites excluding steroid dienone is 1. The Labute approximate surface area is 224 Å². The molecule has 0 saturated carbocycles. The number of nitrogens with zero attached hydrogens (tertiary/aromatic N) is 3. The molecule has 0 spiro atoms.